The van der Waals surface area contributed by atoms with Gasteiger partial charge in [-0.1, -0.05) is 0 Å². The molecular weight excluding hydrogens is 295 g/mol. The summed E-state index contributed by atoms with van der Waals surface area (Å²) >= 11 is 0. The minimum atomic E-state index is -1.72. The molecule has 1 unspecified atom stereocenters. The Morgan fingerprint density at radius 1 is 1.23 bits per heavy atom. The predicted octanol–water partition coefficient (Wildman–Crippen LogP) is -0.807. The zero-order chi connectivity index (χ0) is 16.1. The van der Waals surface area contributed by atoms with Crippen LogP contribution in [0.2, 0.25) is 0 Å². The molecule has 2 heterocycles. The molecular formula is C14H11FN2O5-2. The van der Waals surface area contributed by atoms with Crippen LogP contribution in [0.25, 0.3) is 0 Å². The Labute approximate surface area is 124 Å². The molecule has 1 spiro atoms. The smallest absolute Gasteiger partial charge is 0.245 e. The van der Waals surface area contributed by atoms with E-state index in [1.807, 2.05) is 0 Å². The van der Waals surface area contributed by atoms with E-state index in [4.69, 9.17) is 0 Å². The van der Waals surface area contributed by atoms with E-state index in [-0.39, 0.29) is 30.8 Å². The second-order valence-electron chi connectivity index (χ2n) is 5.44. The Kier molecular flexibility index (Phi) is 3.05. The fourth-order valence-electron chi connectivity index (χ4n) is 3.31. The maximum Gasteiger partial charge on any atom is 0.245 e. The van der Waals surface area contributed by atoms with Gasteiger partial charge in [-0.25, -0.2) is 4.39 Å². The van der Waals surface area contributed by atoms with Crippen molar-refractivity contribution in [1.82, 2.24) is 4.90 Å². The van der Waals surface area contributed by atoms with Crippen LogP contribution in [0.3, 0.4) is 0 Å². The van der Waals surface area contributed by atoms with E-state index in [0.29, 0.717) is 11.3 Å². The van der Waals surface area contributed by atoms with Crippen molar-refractivity contribution in [3.05, 3.63) is 29.6 Å². The number of hydrogen-bond donors (Lipinski definition) is 0. The van der Waals surface area contributed by atoms with Crippen molar-refractivity contribution in [1.29, 1.82) is 0 Å². The number of halogens is 1. The highest BCUT2D eigenvalue weighted by Crippen LogP contribution is 2.47. The lowest BCUT2D eigenvalue weighted by Gasteiger charge is -2.40. The Morgan fingerprint density at radius 3 is 2.59 bits per heavy atom. The van der Waals surface area contributed by atoms with Crippen molar-refractivity contribution in [2.45, 2.75) is 18.3 Å². The third kappa shape index (κ3) is 1.83. The lowest BCUT2D eigenvalue weighted by atomic mass is 9.75. The molecule has 3 amide bonds. The molecule has 1 atom stereocenters. The number of fused-ring (bicyclic) bond motifs is 2. The standard InChI is InChI=1S/C14H13FN2O5/c15-8-2-3-10-9(6-8)14(11(18)17(10)13(21)22)4-1-5-16(7-14)12(19)20/h2-3,6H,1,4-5,7H2,(H,19,20)(H,21,22)/p-2. The van der Waals surface area contributed by atoms with Gasteiger partial charge in [0.2, 0.25) is 5.91 Å². The summed E-state index contributed by atoms with van der Waals surface area (Å²) in [6, 6.07) is 3.31. The molecule has 2 aliphatic heterocycles. The SMILES string of the molecule is O=C([O-])N1CCCC2(C1)C(=O)N(C(=O)[O-])c1ccc(F)cc12. The van der Waals surface area contributed by atoms with Crippen LogP contribution < -0.4 is 15.1 Å². The average molecular weight is 306 g/mol. The number of nitrogens with zero attached hydrogens (tertiary/aromatic N) is 2. The van der Waals surface area contributed by atoms with E-state index < -0.39 is 29.3 Å². The van der Waals surface area contributed by atoms with Gasteiger partial charge in [0, 0.05) is 13.1 Å². The number of carbonyl (C=O) groups is 3. The fraction of sp³-hybridized carbons (Fsp3) is 0.357. The van der Waals surface area contributed by atoms with Gasteiger partial charge in [-0.15, -0.1) is 0 Å². The van der Waals surface area contributed by atoms with E-state index in [2.05, 4.69) is 0 Å². The van der Waals surface area contributed by atoms with Gasteiger partial charge < -0.3 is 24.7 Å². The van der Waals surface area contributed by atoms with Crippen LogP contribution in [0.1, 0.15) is 18.4 Å². The first kappa shape index (κ1) is 14.3. The minimum absolute atomic E-state index is 0.0200. The van der Waals surface area contributed by atoms with E-state index in [1.165, 1.54) is 6.07 Å². The first-order valence-electron chi connectivity index (χ1n) is 6.68. The largest absolute Gasteiger partial charge is 0.530 e. The summed E-state index contributed by atoms with van der Waals surface area (Å²) in [5.41, 5.74) is -1.21. The number of anilines is 1. The maximum absolute atomic E-state index is 13.6. The van der Waals surface area contributed by atoms with E-state index in [1.54, 1.807) is 0 Å². The first-order chi connectivity index (χ1) is 10.4. The molecule has 1 saturated heterocycles. The van der Waals surface area contributed by atoms with Gasteiger partial charge in [0.05, 0.1) is 11.1 Å². The summed E-state index contributed by atoms with van der Waals surface area (Å²) in [7, 11) is 0. The first-order valence-corrected chi connectivity index (χ1v) is 6.68. The fourth-order valence-corrected chi connectivity index (χ4v) is 3.31. The number of likely N-dealkylation sites (tertiary alicyclic amines) is 1. The Bertz CT molecular complexity index is 692. The second kappa shape index (κ2) is 4.69. The van der Waals surface area contributed by atoms with Crippen molar-refractivity contribution in [2.75, 3.05) is 18.0 Å². The number of hydrogen-bond acceptors (Lipinski definition) is 5. The summed E-state index contributed by atoms with van der Waals surface area (Å²) in [5.74, 6) is -1.43. The van der Waals surface area contributed by atoms with Crippen LogP contribution in [0.5, 0.6) is 0 Å². The second-order valence-corrected chi connectivity index (χ2v) is 5.44. The molecule has 7 nitrogen and oxygen atoms in total. The molecule has 1 aromatic rings. The number of carboxylic acid groups (broad SMARTS) is 2. The average Bonchev–Trinajstić information content (AvgIpc) is 2.69. The summed E-state index contributed by atoms with van der Waals surface area (Å²) in [6.07, 6.45) is -2.59. The number of carbonyl (C=O) groups excluding carboxylic acids is 3. The highest BCUT2D eigenvalue weighted by atomic mass is 19.1. The quantitative estimate of drug-likeness (QED) is 0.623. The highest BCUT2D eigenvalue weighted by molar-refractivity contribution is 6.20. The van der Waals surface area contributed by atoms with Crippen molar-refractivity contribution in [3.8, 4) is 0 Å². The lowest BCUT2D eigenvalue weighted by molar-refractivity contribution is -0.267. The number of benzene rings is 1. The molecule has 3 rings (SSSR count). The van der Waals surface area contributed by atoms with Crippen LogP contribution in [0, 0.1) is 5.82 Å². The molecule has 0 N–H and O–H groups in total. The minimum Gasteiger partial charge on any atom is -0.530 e. The molecule has 0 radical (unpaired) electrons. The molecule has 1 aromatic carbocycles. The van der Waals surface area contributed by atoms with Gasteiger partial charge in [-0.3, -0.25) is 9.69 Å². The van der Waals surface area contributed by atoms with Crippen LogP contribution in [-0.4, -0.2) is 36.1 Å². The molecule has 2 aliphatic rings. The summed E-state index contributed by atoms with van der Waals surface area (Å²) in [4.78, 5) is 36.3. The van der Waals surface area contributed by atoms with E-state index >= 15 is 0 Å². The lowest BCUT2D eigenvalue weighted by Crippen LogP contribution is -2.57. The van der Waals surface area contributed by atoms with Gasteiger partial charge in [0.25, 0.3) is 0 Å². The van der Waals surface area contributed by atoms with Crippen molar-refractivity contribution >= 4 is 23.8 Å². The molecule has 0 bridgehead atoms. The number of imide groups is 1. The molecule has 8 heteroatoms. The molecule has 0 saturated carbocycles. The van der Waals surface area contributed by atoms with Gasteiger partial charge in [-0.2, -0.15) is 0 Å². The normalized spacial score (nSPS) is 23.8. The molecule has 1 fully saturated rings. The Balaban J connectivity index is 2.16. The topological polar surface area (TPSA) is 104 Å². The van der Waals surface area contributed by atoms with Gasteiger partial charge in [0.15, 0.2) is 0 Å². The number of amides is 3. The Morgan fingerprint density at radius 2 is 1.95 bits per heavy atom. The molecule has 0 aliphatic carbocycles. The molecule has 116 valence electrons. The zero-order valence-corrected chi connectivity index (χ0v) is 11.4. The Hall–Kier alpha value is -2.64. The summed E-state index contributed by atoms with van der Waals surface area (Å²) in [6.45, 7) is -0.0677. The number of piperidine rings is 1. The van der Waals surface area contributed by atoms with E-state index in [0.717, 1.165) is 17.0 Å². The van der Waals surface area contributed by atoms with Crippen LogP contribution in [-0.2, 0) is 10.2 Å². The van der Waals surface area contributed by atoms with Gasteiger partial charge in [-0.05, 0) is 36.6 Å². The third-order valence-corrected chi connectivity index (χ3v) is 4.26. The van der Waals surface area contributed by atoms with Gasteiger partial charge >= 0.3 is 0 Å². The predicted molar refractivity (Wildman–Crippen MR) is 67.2 cm³/mol. The molecule has 0 aromatic heterocycles. The highest BCUT2D eigenvalue weighted by Gasteiger charge is 2.53. The number of rotatable bonds is 0. The third-order valence-electron chi connectivity index (χ3n) is 4.26. The molecule has 22 heavy (non-hydrogen) atoms. The zero-order valence-electron chi connectivity index (χ0n) is 11.4. The summed E-state index contributed by atoms with van der Waals surface area (Å²) < 4.78 is 13.6. The van der Waals surface area contributed by atoms with Crippen LogP contribution in [0.15, 0.2) is 18.2 Å². The van der Waals surface area contributed by atoms with E-state index in [9.17, 15) is 29.0 Å². The van der Waals surface area contributed by atoms with Crippen molar-refractivity contribution in [3.63, 3.8) is 0 Å². The maximum atomic E-state index is 13.6. The van der Waals surface area contributed by atoms with Crippen molar-refractivity contribution in [2.24, 2.45) is 0 Å². The van der Waals surface area contributed by atoms with Crippen LogP contribution in [0.4, 0.5) is 19.7 Å². The van der Waals surface area contributed by atoms with Crippen molar-refractivity contribution < 1.29 is 29.0 Å². The monoisotopic (exact) mass is 306 g/mol. The van der Waals surface area contributed by atoms with Gasteiger partial charge in [0.1, 0.15) is 18.0 Å². The van der Waals surface area contributed by atoms with Crippen LogP contribution >= 0.6 is 0 Å². The summed E-state index contributed by atoms with van der Waals surface area (Å²) in [5, 5.41) is 22.3.